The second-order valence-electron chi connectivity index (χ2n) is 6.03. The molecule has 3 aromatic rings. The van der Waals surface area contributed by atoms with E-state index in [-0.39, 0.29) is 11.8 Å². The molecule has 0 saturated carbocycles. The fourth-order valence-corrected chi connectivity index (χ4v) is 3.42. The van der Waals surface area contributed by atoms with E-state index in [1.807, 2.05) is 42.5 Å². The van der Waals surface area contributed by atoms with Crippen LogP contribution in [0.15, 0.2) is 47.3 Å². The zero-order valence-corrected chi connectivity index (χ0v) is 13.0. The van der Waals surface area contributed by atoms with E-state index in [9.17, 15) is 9.59 Å². The van der Waals surface area contributed by atoms with Crippen molar-refractivity contribution in [3.63, 3.8) is 0 Å². The number of hydrogen-bond acceptors (Lipinski definition) is 3. The number of carbonyl (C=O) groups excluding carboxylic acids is 1. The van der Waals surface area contributed by atoms with Gasteiger partial charge in [-0.05, 0) is 41.7 Å². The average Bonchev–Trinajstić information content (AvgIpc) is 3.09. The van der Waals surface area contributed by atoms with E-state index in [0.29, 0.717) is 6.54 Å². The molecule has 1 amide bonds. The maximum Gasteiger partial charge on any atom is 0.405 e. The van der Waals surface area contributed by atoms with E-state index >= 15 is 0 Å². The lowest BCUT2D eigenvalue weighted by molar-refractivity contribution is 0.107. The van der Waals surface area contributed by atoms with E-state index in [1.54, 1.807) is 4.57 Å². The summed E-state index contributed by atoms with van der Waals surface area (Å²) in [6, 6.07) is 13.7. The number of para-hydroxylation sites is 2. The minimum absolute atomic E-state index is 0.137. The maximum atomic E-state index is 12.2. The summed E-state index contributed by atoms with van der Waals surface area (Å²) in [5, 5.41) is 0. The summed E-state index contributed by atoms with van der Waals surface area (Å²) >= 11 is 0. The van der Waals surface area contributed by atoms with Gasteiger partial charge in [0.2, 0.25) is 0 Å². The number of nitrogens with one attached hydrogen (secondary N) is 1. The number of aromatic nitrogens is 2. The van der Waals surface area contributed by atoms with Crippen molar-refractivity contribution < 1.29 is 9.53 Å². The lowest BCUT2D eigenvalue weighted by atomic mass is 10.1. The third-order valence-electron chi connectivity index (χ3n) is 4.51. The Kier molecular flexibility index (Phi) is 3.37. The molecule has 3 N–H and O–H groups in total. The summed E-state index contributed by atoms with van der Waals surface area (Å²) in [5.74, 6) is 0. The Morgan fingerprint density at radius 3 is 2.96 bits per heavy atom. The van der Waals surface area contributed by atoms with Crippen LogP contribution in [0, 0.1) is 0 Å². The van der Waals surface area contributed by atoms with Gasteiger partial charge >= 0.3 is 11.8 Å². The standard InChI is InChI=1S/C18H17N3O3/c19-17(22)24-16-8-7-12-6-5-11(9-13(12)16)10-21-15-4-2-1-3-14(15)20-18(21)23/h1-6,9,16H,7-8,10H2,(H2,19,22)(H,20,23). The molecule has 0 spiro atoms. The van der Waals surface area contributed by atoms with Crippen LogP contribution in [0.5, 0.6) is 0 Å². The number of aromatic amines is 1. The van der Waals surface area contributed by atoms with Gasteiger partial charge < -0.3 is 15.5 Å². The molecule has 1 heterocycles. The van der Waals surface area contributed by atoms with Crippen molar-refractivity contribution in [2.75, 3.05) is 0 Å². The molecule has 6 nitrogen and oxygen atoms in total. The first-order valence-electron chi connectivity index (χ1n) is 7.87. The molecule has 1 aliphatic carbocycles. The highest BCUT2D eigenvalue weighted by Gasteiger charge is 2.25. The van der Waals surface area contributed by atoms with Gasteiger partial charge in [-0.25, -0.2) is 9.59 Å². The Balaban J connectivity index is 1.69. The minimum atomic E-state index is -0.758. The molecule has 0 bridgehead atoms. The number of aryl methyl sites for hydroxylation is 1. The monoisotopic (exact) mass is 323 g/mol. The Labute approximate surface area is 137 Å². The van der Waals surface area contributed by atoms with Gasteiger partial charge in [0.05, 0.1) is 17.6 Å². The van der Waals surface area contributed by atoms with E-state index in [2.05, 4.69) is 4.98 Å². The Morgan fingerprint density at radius 1 is 1.29 bits per heavy atom. The van der Waals surface area contributed by atoms with Crippen LogP contribution in [0.2, 0.25) is 0 Å². The summed E-state index contributed by atoms with van der Waals surface area (Å²) in [6.07, 6.45) is 0.554. The van der Waals surface area contributed by atoms with Crippen LogP contribution in [-0.2, 0) is 17.7 Å². The van der Waals surface area contributed by atoms with Gasteiger partial charge in [-0.15, -0.1) is 0 Å². The fraction of sp³-hybridized carbons (Fsp3) is 0.222. The molecule has 122 valence electrons. The number of imidazole rings is 1. The van der Waals surface area contributed by atoms with Gasteiger partial charge in [0.15, 0.2) is 0 Å². The molecular formula is C18H17N3O3. The maximum absolute atomic E-state index is 12.2. The zero-order chi connectivity index (χ0) is 16.7. The number of benzene rings is 2. The van der Waals surface area contributed by atoms with E-state index < -0.39 is 6.09 Å². The molecule has 1 aliphatic rings. The topological polar surface area (TPSA) is 90.1 Å². The van der Waals surface area contributed by atoms with Crippen LogP contribution in [0.1, 0.15) is 29.2 Å². The number of rotatable bonds is 3. The quantitative estimate of drug-likeness (QED) is 0.776. The van der Waals surface area contributed by atoms with Crippen molar-refractivity contribution in [2.24, 2.45) is 5.73 Å². The molecule has 0 aliphatic heterocycles. The number of nitrogens with zero attached hydrogens (tertiary/aromatic N) is 1. The van der Waals surface area contributed by atoms with Gasteiger partial charge in [0.1, 0.15) is 6.10 Å². The minimum Gasteiger partial charge on any atom is -0.441 e. The van der Waals surface area contributed by atoms with Crippen LogP contribution < -0.4 is 11.4 Å². The highest BCUT2D eigenvalue weighted by Crippen LogP contribution is 2.34. The molecule has 0 fully saturated rings. The lowest BCUT2D eigenvalue weighted by Gasteiger charge is -2.13. The van der Waals surface area contributed by atoms with Gasteiger partial charge in [-0.2, -0.15) is 0 Å². The predicted molar refractivity (Wildman–Crippen MR) is 89.8 cm³/mol. The van der Waals surface area contributed by atoms with Crippen molar-refractivity contribution in [1.82, 2.24) is 9.55 Å². The molecule has 0 saturated heterocycles. The number of ether oxygens (including phenoxy) is 1. The van der Waals surface area contributed by atoms with Crippen LogP contribution in [0.25, 0.3) is 11.0 Å². The molecule has 1 unspecified atom stereocenters. The number of primary amides is 1. The SMILES string of the molecule is NC(=O)OC1CCc2ccc(Cn3c(=O)[nH]c4ccccc43)cc21. The van der Waals surface area contributed by atoms with Gasteiger partial charge in [-0.3, -0.25) is 4.57 Å². The molecule has 24 heavy (non-hydrogen) atoms. The molecule has 1 atom stereocenters. The van der Waals surface area contributed by atoms with Crippen LogP contribution in [-0.4, -0.2) is 15.6 Å². The predicted octanol–water partition coefficient (Wildman–Crippen LogP) is 2.46. The second-order valence-corrected chi connectivity index (χ2v) is 6.03. The van der Waals surface area contributed by atoms with Crippen molar-refractivity contribution in [3.05, 3.63) is 69.6 Å². The second kappa shape index (κ2) is 5.56. The van der Waals surface area contributed by atoms with Gasteiger partial charge in [0.25, 0.3) is 0 Å². The summed E-state index contributed by atoms with van der Waals surface area (Å²) in [7, 11) is 0. The number of fused-ring (bicyclic) bond motifs is 2. The van der Waals surface area contributed by atoms with E-state index in [1.165, 1.54) is 0 Å². The van der Waals surface area contributed by atoms with Crippen LogP contribution in [0.4, 0.5) is 4.79 Å². The van der Waals surface area contributed by atoms with E-state index in [4.69, 9.17) is 10.5 Å². The first-order valence-corrected chi connectivity index (χ1v) is 7.87. The molecule has 6 heteroatoms. The zero-order valence-electron chi connectivity index (χ0n) is 13.0. The first kappa shape index (κ1) is 14.6. The summed E-state index contributed by atoms with van der Waals surface area (Å²) in [6.45, 7) is 0.458. The first-order chi connectivity index (χ1) is 11.6. The largest absolute Gasteiger partial charge is 0.441 e. The highest BCUT2D eigenvalue weighted by molar-refractivity contribution is 5.75. The van der Waals surface area contributed by atoms with E-state index in [0.717, 1.165) is 40.6 Å². The number of nitrogens with two attached hydrogens (primary N) is 1. The third kappa shape index (κ3) is 2.46. The molecule has 1 aromatic heterocycles. The Hall–Kier alpha value is -3.02. The third-order valence-corrected chi connectivity index (χ3v) is 4.51. The summed E-state index contributed by atoms with van der Waals surface area (Å²) < 4.78 is 6.89. The molecule has 0 radical (unpaired) electrons. The van der Waals surface area contributed by atoms with Crippen LogP contribution in [0.3, 0.4) is 0 Å². The van der Waals surface area contributed by atoms with Crippen molar-refractivity contribution in [3.8, 4) is 0 Å². The Bertz CT molecular complexity index is 987. The molecular weight excluding hydrogens is 306 g/mol. The van der Waals surface area contributed by atoms with Gasteiger partial charge in [-0.1, -0.05) is 30.3 Å². The Morgan fingerprint density at radius 2 is 2.12 bits per heavy atom. The van der Waals surface area contributed by atoms with Gasteiger partial charge in [0, 0.05) is 0 Å². The molecule has 2 aromatic carbocycles. The number of amides is 1. The fourth-order valence-electron chi connectivity index (χ4n) is 3.42. The normalized spacial score (nSPS) is 16.2. The smallest absolute Gasteiger partial charge is 0.405 e. The summed E-state index contributed by atoms with van der Waals surface area (Å²) in [5.41, 5.74) is 9.83. The van der Waals surface area contributed by atoms with Crippen molar-refractivity contribution in [1.29, 1.82) is 0 Å². The number of hydrogen-bond donors (Lipinski definition) is 2. The lowest BCUT2D eigenvalue weighted by Crippen LogP contribution is -2.18. The molecule has 4 rings (SSSR count). The number of H-pyrrole nitrogens is 1. The van der Waals surface area contributed by atoms with Crippen molar-refractivity contribution >= 4 is 17.1 Å². The number of carbonyl (C=O) groups is 1. The highest BCUT2D eigenvalue weighted by atomic mass is 16.6. The van der Waals surface area contributed by atoms with Crippen LogP contribution >= 0.6 is 0 Å². The average molecular weight is 323 g/mol. The van der Waals surface area contributed by atoms with Crippen molar-refractivity contribution in [2.45, 2.75) is 25.5 Å². The summed E-state index contributed by atoms with van der Waals surface area (Å²) in [4.78, 5) is 26.1.